The minimum atomic E-state index is -0.165. The summed E-state index contributed by atoms with van der Waals surface area (Å²) in [6.07, 6.45) is 2.88. The molecule has 2 aliphatic rings. The number of carbonyl (C=O) groups is 2. The third kappa shape index (κ3) is 4.10. The molecule has 3 unspecified atom stereocenters. The number of carbonyl (C=O) groups excluding carboxylic acids is 2. The number of rotatable bonds is 6. The summed E-state index contributed by atoms with van der Waals surface area (Å²) in [4.78, 5) is 26.2. The summed E-state index contributed by atoms with van der Waals surface area (Å²) < 4.78 is 5.49. The number of ether oxygens (including phenoxy) is 1. The summed E-state index contributed by atoms with van der Waals surface area (Å²) in [5, 5.41) is 2.93. The van der Waals surface area contributed by atoms with E-state index < -0.39 is 0 Å². The molecule has 23 heavy (non-hydrogen) atoms. The van der Waals surface area contributed by atoms with E-state index >= 15 is 0 Å². The van der Waals surface area contributed by atoms with Crippen molar-refractivity contribution in [2.24, 2.45) is 11.8 Å². The van der Waals surface area contributed by atoms with Crippen molar-refractivity contribution in [1.82, 2.24) is 10.2 Å². The van der Waals surface area contributed by atoms with Crippen LogP contribution < -0.4 is 5.32 Å². The molecule has 1 saturated heterocycles. The van der Waals surface area contributed by atoms with Crippen LogP contribution in [0.25, 0.3) is 0 Å². The van der Waals surface area contributed by atoms with Gasteiger partial charge in [0.2, 0.25) is 11.8 Å². The molecule has 1 heterocycles. The van der Waals surface area contributed by atoms with Crippen LogP contribution in [0.3, 0.4) is 0 Å². The van der Waals surface area contributed by atoms with E-state index in [0.29, 0.717) is 19.5 Å². The van der Waals surface area contributed by atoms with Crippen LogP contribution in [0, 0.1) is 11.8 Å². The van der Waals surface area contributed by atoms with Crippen molar-refractivity contribution in [3.63, 3.8) is 0 Å². The van der Waals surface area contributed by atoms with Crippen LogP contribution in [-0.4, -0.2) is 43.0 Å². The van der Waals surface area contributed by atoms with E-state index in [1.165, 1.54) is 0 Å². The summed E-state index contributed by atoms with van der Waals surface area (Å²) in [5.74, 6) is -0.270. The van der Waals surface area contributed by atoms with E-state index in [2.05, 4.69) is 5.32 Å². The highest BCUT2D eigenvalue weighted by Gasteiger charge is 2.49. The lowest BCUT2D eigenvalue weighted by Gasteiger charge is -2.17. The smallest absolute Gasteiger partial charge is 0.226 e. The van der Waals surface area contributed by atoms with Crippen LogP contribution in [0.2, 0.25) is 0 Å². The van der Waals surface area contributed by atoms with E-state index in [9.17, 15) is 9.59 Å². The minimum Gasteiger partial charge on any atom is -0.376 e. The number of amides is 2. The number of nitrogens with one attached hydrogen (secondary N) is 1. The molecule has 1 aromatic carbocycles. The molecular formula is C18H24N2O3. The molecule has 1 N–H and O–H groups in total. The zero-order valence-electron chi connectivity index (χ0n) is 13.5. The van der Waals surface area contributed by atoms with Crippen molar-refractivity contribution in [2.45, 2.75) is 31.9 Å². The zero-order valence-corrected chi connectivity index (χ0v) is 13.5. The van der Waals surface area contributed by atoms with Crippen molar-refractivity contribution in [2.75, 3.05) is 20.2 Å². The van der Waals surface area contributed by atoms with Gasteiger partial charge in [0.1, 0.15) is 0 Å². The Morgan fingerprint density at radius 3 is 2.74 bits per heavy atom. The van der Waals surface area contributed by atoms with Crippen molar-refractivity contribution in [3.8, 4) is 0 Å². The van der Waals surface area contributed by atoms with Crippen LogP contribution >= 0.6 is 0 Å². The molecule has 124 valence electrons. The third-order valence-corrected chi connectivity index (χ3v) is 4.61. The van der Waals surface area contributed by atoms with Gasteiger partial charge in [0, 0.05) is 26.7 Å². The van der Waals surface area contributed by atoms with E-state index in [4.69, 9.17) is 4.74 Å². The maximum absolute atomic E-state index is 12.4. The standard InChI is InChI=1S/C18H24N2O3/c1-20(12-13-6-3-2-4-7-13)18(22)16-10-15(16)17(21)19-11-14-8-5-9-23-14/h2-4,6-7,14-16H,5,8-12H2,1H3,(H,19,21). The van der Waals surface area contributed by atoms with E-state index in [1.807, 2.05) is 30.3 Å². The van der Waals surface area contributed by atoms with Gasteiger partial charge >= 0.3 is 0 Å². The zero-order chi connectivity index (χ0) is 16.2. The van der Waals surface area contributed by atoms with Gasteiger partial charge in [-0.3, -0.25) is 9.59 Å². The van der Waals surface area contributed by atoms with E-state index in [1.54, 1.807) is 11.9 Å². The lowest BCUT2D eigenvalue weighted by molar-refractivity contribution is -0.134. The molecule has 0 bridgehead atoms. The minimum absolute atomic E-state index is 0.00744. The molecule has 3 atom stereocenters. The number of hydrogen-bond donors (Lipinski definition) is 1. The number of benzene rings is 1. The summed E-state index contributed by atoms with van der Waals surface area (Å²) in [5.41, 5.74) is 1.10. The highest BCUT2D eigenvalue weighted by atomic mass is 16.5. The molecule has 0 radical (unpaired) electrons. The summed E-state index contributed by atoms with van der Waals surface area (Å²) in [6.45, 7) is 1.94. The molecule has 2 fully saturated rings. The van der Waals surface area contributed by atoms with Gasteiger partial charge in [0.15, 0.2) is 0 Å². The average Bonchev–Trinajstić information content (AvgIpc) is 3.20. The molecule has 3 rings (SSSR count). The first-order chi connectivity index (χ1) is 11.1. The van der Waals surface area contributed by atoms with Gasteiger partial charge in [-0.2, -0.15) is 0 Å². The van der Waals surface area contributed by atoms with Gasteiger partial charge in [0.25, 0.3) is 0 Å². The van der Waals surface area contributed by atoms with Crippen molar-refractivity contribution in [1.29, 1.82) is 0 Å². The first kappa shape index (κ1) is 16.0. The van der Waals surface area contributed by atoms with Gasteiger partial charge in [-0.1, -0.05) is 30.3 Å². The Morgan fingerprint density at radius 1 is 1.26 bits per heavy atom. The molecule has 5 nitrogen and oxygen atoms in total. The second kappa shape index (κ2) is 7.13. The van der Waals surface area contributed by atoms with Crippen LogP contribution in [-0.2, 0) is 20.9 Å². The van der Waals surface area contributed by atoms with Gasteiger partial charge < -0.3 is 15.0 Å². The normalized spacial score (nSPS) is 25.9. The average molecular weight is 316 g/mol. The fourth-order valence-electron chi connectivity index (χ4n) is 3.13. The monoisotopic (exact) mass is 316 g/mol. The second-order valence-electron chi connectivity index (χ2n) is 6.51. The molecule has 1 aromatic rings. The Labute approximate surface area is 137 Å². The van der Waals surface area contributed by atoms with E-state index in [-0.39, 0.29) is 29.8 Å². The maximum Gasteiger partial charge on any atom is 0.226 e. The second-order valence-corrected chi connectivity index (χ2v) is 6.51. The summed E-state index contributed by atoms with van der Waals surface area (Å²) in [7, 11) is 1.80. The molecule has 0 aromatic heterocycles. The topological polar surface area (TPSA) is 58.6 Å². The van der Waals surface area contributed by atoms with Crippen molar-refractivity contribution >= 4 is 11.8 Å². The van der Waals surface area contributed by atoms with Crippen LogP contribution in [0.4, 0.5) is 0 Å². The van der Waals surface area contributed by atoms with Crippen LogP contribution in [0.15, 0.2) is 30.3 Å². The molecule has 2 amide bonds. The Bertz CT molecular complexity index is 555. The predicted molar refractivity (Wildman–Crippen MR) is 86.5 cm³/mol. The summed E-state index contributed by atoms with van der Waals surface area (Å²) in [6, 6.07) is 9.89. The Hall–Kier alpha value is -1.88. The number of hydrogen-bond acceptors (Lipinski definition) is 3. The van der Waals surface area contributed by atoms with Crippen molar-refractivity contribution < 1.29 is 14.3 Å². The van der Waals surface area contributed by atoms with Gasteiger partial charge in [-0.25, -0.2) is 0 Å². The fraction of sp³-hybridized carbons (Fsp3) is 0.556. The SMILES string of the molecule is CN(Cc1ccccc1)C(=O)C1CC1C(=O)NCC1CCCO1. The molecule has 1 saturated carbocycles. The molecule has 1 aliphatic carbocycles. The van der Waals surface area contributed by atoms with Crippen LogP contribution in [0.1, 0.15) is 24.8 Å². The maximum atomic E-state index is 12.4. The summed E-state index contributed by atoms with van der Waals surface area (Å²) >= 11 is 0. The van der Waals surface area contributed by atoms with E-state index in [0.717, 1.165) is 25.0 Å². The Balaban J connectivity index is 1.43. The molecular weight excluding hydrogens is 292 g/mol. The highest BCUT2D eigenvalue weighted by Crippen LogP contribution is 2.40. The largest absolute Gasteiger partial charge is 0.376 e. The molecule has 1 aliphatic heterocycles. The Morgan fingerprint density at radius 2 is 2.04 bits per heavy atom. The highest BCUT2D eigenvalue weighted by molar-refractivity contribution is 5.92. The fourth-order valence-corrected chi connectivity index (χ4v) is 3.13. The quantitative estimate of drug-likeness (QED) is 0.867. The van der Waals surface area contributed by atoms with Crippen LogP contribution in [0.5, 0.6) is 0 Å². The lowest BCUT2D eigenvalue weighted by Crippen LogP contribution is -2.35. The number of nitrogens with zero attached hydrogens (tertiary/aromatic N) is 1. The predicted octanol–water partition coefficient (Wildman–Crippen LogP) is 1.58. The van der Waals surface area contributed by atoms with Gasteiger partial charge in [-0.15, -0.1) is 0 Å². The van der Waals surface area contributed by atoms with Gasteiger partial charge in [0.05, 0.1) is 17.9 Å². The first-order valence-electron chi connectivity index (χ1n) is 8.33. The molecule has 0 spiro atoms. The van der Waals surface area contributed by atoms with Crippen molar-refractivity contribution in [3.05, 3.63) is 35.9 Å². The lowest BCUT2D eigenvalue weighted by atomic mass is 10.2. The Kier molecular flexibility index (Phi) is 4.96. The first-order valence-corrected chi connectivity index (χ1v) is 8.33. The van der Waals surface area contributed by atoms with Gasteiger partial charge in [-0.05, 0) is 24.8 Å². The molecule has 5 heteroatoms. The third-order valence-electron chi connectivity index (χ3n) is 4.61.